The van der Waals surface area contributed by atoms with Gasteiger partial charge in [0.05, 0.1) is 6.04 Å². The molecule has 5 rings (SSSR count). The van der Waals surface area contributed by atoms with Gasteiger partial charge < -0.3 is 9.73 Å². The molecule has 5 nitrogen and oxygen atoms in total. The Labute approximate surface area is 195 Å². The van der Waals surface area contributed by atoms with Crippen molar-refractivity contribution >= 4 is 40.1 Å². The molecule has 2 aromatic carbocycles. The van der Waals surface area contributed by atoms with Crippen molar-refractivity contribution in [2.45, 2.75) is 29.9 Å². The Morgan fingerprint density at radius 2 is 1.91 bits per heavy atom. The largest absolute Gasteiger partial charge is 0.431 e. The maximum atomic E-state index is 13.1. The molecule has 1 atom stereocenters. The quantitative estimate of drug-likeness (QED) is 0.337. The van der Waals surface area contributed by atoms with E-state index in [1.54, 1.807) is 11.3 Å². The SMILES string of the molecule is O=C(NCC(c1cccs1)N1CCCC1)c1ccccc1CSc1nc2ccccc2o1. The van der Waals surface area contributed by atoms with E-state index in [0.717, 1.165) is 29.8 Å². The lowest BCUT2D eigenvalue weighted by Gasteiger charge is -2.27. The van der Waals surface area contributed by atoms with Gasteiger partial charge in [0.15, 0.2) is 5.58 Å². The fourth-order valence-corrected chi connectivity index (χ4v) is 5.85. The third kappa shape index (κ3) is 4.75. The predicted molar refractivity (Wildman–Crippen MR) is 130 cm³/mol. The molecule has 3 heterocycles. The van der Waals surface area contributed by atoms with Crippen LogP contribution >= 0.6 is 23.1 Å². The van der Waals surface area contributed by atoms with Crippen LogP contribution in [0.3, 0.4) is 0 Å². The average molecular weight is 464 g/mol. The minimum absolute atomic E-state index is 0.0282. The monoisotopic (exact) mass is 463 g/mol. The first kappa shape index (κ1) is 21.2. The van der Waals surface area contributed by atoms with Crippen LogP contribution in [0.4, 0.5) is 0 Å². The standard InChI is InChI=1S/C25H25N3O2S2/c29-24(26-16-21(23-12-7-15-31-23)28-13-5-6-14-28)19-9-2-1-8-18(19)17-32-25-27-20-10-3-4-11-22(20)30-25/h1-4,7-12,15,21H,5-6,13-14,16-17H2,(H,26,29). The number of oxazole rings is 1. The molecular weight excluding hydrogens is 438 g/mol. The maximum absolute atomic E-state index is 13.1. The summed E-state index contributed by atoms with van der Waals surface area (Å²) in [6.07, 6.45) is 2.46. The average Bonchev–Trinajstić information content (AvgIpc) is 3.60. The Bertz CT molecular complexity index is 1150. The van der Waals surface area contributed by atoms with Crippen molar-refractivity contribution in [3.05, 3.63) is 82.0 Å². The highest BCUT2D eigenvalue weighted by Crippen LogP contribution is 2.29. The number of hydrogen-bond acceptors (Lipinski definition) is 6. The van der Waals surface area contributed by atoms with Gasteiger partial charge in [0, 0.05) is 22.7 Å². The second-order valence-electron chi connectivity index (χ2n) is 7.88. The van der Waals surface area contributed by atoms with Crippen LogP contribution in [-0.4, -0.2) is 35.4 Å². The van der Waals surface area contributed by atoms with Crippen LogP contribution in [0.1, 0.15) is 39.7 Å². The van der Waals surface area contributed by atoms with Gasteiger partial charge in [-0.05, 0) is 61.1 Å². The second kappa shape index (κ2) is 9.90. The molecule has 0 spiro atoms. The lowest BCUT2D eigenvalue weighted by Crippen LogP contribution is -2.36. The molecule has 0 saturated carbocycles. The van der Waals surface area contributed by atoms with E-state index in [-0.39, 0.29) is 11.9 Å². The van der Waals surface area contributed by atoms with Gasteiger partial charge in [-0.2, -0.15) is 0 Å². The summed E-state index contributed by atoms with van der Waals surface area (Å²) in [6.45, 7) is 2.80. The molecule has 7 heteroatoms. The molecule has 0 aliphatic carbocycles. The lowest BCUT2D eigenvalue weighted by molar-refractivity contribution is 0.0937. The van der Waals surface area contributed by atoms with Crippen molar-refractivity contribution in [3.8, 4) is 0 Å². The summed E-state index contributed by atoms with van der Waals surface area (Å²) >= 11 is 3.27. The van der Waals surface area contributed by atoms with Gasteiger partial charge in [-0.15, -0.1) is 11.3 Å². The van der Waals surface area contributed by atoms with Gasteiger partial charge in [-0.25, -0.2) is 4.98 Å². The number of likely N-dealkylation sites (tertiary alicyclic amines) is 1. The van der Waals surface area contributed by atoms with Crippen LogP contribution in [0.5, 0.6) is 0 Å². The fraction of sp³-hybridized carbons (Fsp3) is 0.280. The number of carbonyl (C=O) groups is 1. The number of thioether (sulfide) groups is 1. The molecule has 32 heavy (non-hydrogen) atoms. The summed E-state index contributed by atoms with van der Waals surface area (Å²) in [4.78, 5) is 21.5. The summed E-state index contributed by atoms with van der Waals surface area (Å²) in [5, 5.41) is 5.93. The smallest absolute Gasteiger partial charge is 0.257 e. The van der Waals surface area contributed by atoms with Crippen molar-refractivity contribution in [2.24, 2.45) is 0 Å². The highest BCUT2D eigenvalue weighted by molar-refractivity contribution is 7.98. The fourth-order valence-electron chi connectivity index (χ4n) is 4.15. The van der Waals surface area contributed by atoms with Crippen molar-refractivity contribution in [2.75, 3.05) is 19.6 Å². The Morgan fingerprint density at radius 3 is 2.72 bits per heavy atom. The Kier molecular flexibility index (Phi) is 6.57. The molecule has 1 amide bonds. The number of fused-ring (bicyclic) bond motifs is 1. The van der Waals surface area contributed by atoms with Gasteiger partial charge in [0.2, 0.25) is 0 Å². The number of hydrogen-bond donors (Lipinski definition) is 1. The van der Waals surface area contributed by atoms with Crippen LogP contribution in [0.2, 0.25) is 0 Å². The van der Waals surface area contributed by atoms with E-state index >= 15 is 0 Å². The molecule has 1 unspecified atom stereocenters. The van der Waals surface area contributed by atoms with E-state index in [1.807, 2.05) is 48.5 Å². The van der Waals surface area contributed by atoms with Gasteiger partial charge in [0.25, 0.3) is 11.1 Å². The third-order valence-electron chi connectivity index (χ3n) is 5.80. The van der Waals surface area contributed by atoms with E-state index in [4.69, 9.17) is 4.42 Å². The number of carbonyl (C=O) groups excluding carboxylic acids is 1. The molecule has 0 bridgehead atoms. The van der Waals surface area contributed by atoms with Crippen LogP contribution < -0.4 is 5.32 Å². The Morgan fingerprint density at radius 1 is 1.09 bits per heavy atom. The van der Waals surface area contributed by atoms with Crippen LogP contribution in [0.15, 0.2) is 75.7 Å². The van der Waals surface area contributed by atoms with E-state index in [9.17, 15) is 4.79 Å². The van der Waals surface area contributed by atoms with Crippen molar-refractivity contribution < 1.29 is 9.21 Å². The topological polar surface area (TPSA) is 58.4 Å². The van der Waals surface area contributed by atoms with Crippen molar-refractivity contribution in [1.29, 1.82) is 0 Å². The predicted octanol–water partition coefficient (Wildman–Crippen LogP) is 5.75. The van der Waals surface area contributed by atoms with E-state index < -0.39 is 0 Å². The number of thiophene rings is 1. The molecule has 0 radical (unpaired) electrons. The molecule has 1 aliphatic heterocycles. The highest BCUT2D eigenvalue weighted by Gasteiger charge is 2.25. The Balaban J connectivity index is 1.26. The molecule has 1 N–H and O–H groups in total. The zero-order valence-electron chi connectivity index (χ0n) is 17.7. The first-order valence-electron chi connectivity index (χ1n) is 10.9. The van der Waals surface area contributed by atoms with Gasteiger partial charge in [0.1, 0.15) is 5.52 Å². The normalized spacial score (nSPS) is 15.2. The van der Waals surface area contributed by atoms with Crippen LogP contribution in [0.25, 0.3) is 11.1 Å². The first-order valence-corrected chi connectivity index (χ1v) is 12.8. The molecule has 1 aliphatic rings. The summed E-state index contributed by atoms with van der Waals surface area (Å²) < 4.78 is 5.81. The number of amides is 1. The minimum atomic E-state index is -0.0282. The van der Waals surface area contributed by atoms with Gasteiger partial charge in [-0.1, -0.05) is 48.2 Å². The van der Waals surface area contributed by atoms with Crippen LogP contribution in [-0.2, 0) is 5.75 Å². The molecule has 2 aromatic heterocycles. The van der Waals surface area contributed by atoms with Gasteiger partial charge >= 0.3 is 0 Å². The Hall–Kier alpha value is -2.61. The summed E-state index contributed by atoms with van der Waals surface area (Å²) in [7, 11) is 0. The number of aromatic nitrogens is 1. The molecular formula is C25H25N3O2S2. The number of para-hydroxylation sites is 2. The number of nitrogens with zero attached hydrogens (tertiary/aromatic N) is 2. The molecule has 4 aromatic rings. The zero-order valence-corrected chi connectivity index (χ0v) is 19.3. The summed E-state index contributed by atoms with van der Waals surface area (Å²) in [6, 6.07) is 20.0. The highest BCUT2D eigenvalue weighted by atomic mass is 32.2. The third-order valence-corrected chi connectivity index (χ3v) is 7.65. The lowest BCUT2D eigenvalue weighted by atomic mass is 10.1. The minimum Gasteiger partial charge on any atom is -0.431 e. The maximum Gasteiger partial charge on any atom is 0.257 e. The summed E-state index contributed by atoms with van der Waals surface area (Å²) in [5.74, 6) is 0.594. The molecule has 1 fully saturated rings. The van der Waals surface area contributed by atoms with E-state index in [2.05, 4.69) is 32.7 Å². The second-order valence-corrected chi connectivity index (χ2v) is 9.78. The number of rotatable bonds is 8. The first-order chi connectivity index (χ1) is 15.8. The number of nitrogens with one attached hydrogen (secondary N) is 1. The number of benzene rings is 2. The molecule has 1 saturated heterocycles. The summed E-state index contributed by atoms with van der Waals surface area (Å²) in [5.41, 5.74) is 3.32. The zero-order chi connectivity index (χ0) is 21.8. The van der Waals surface area contributed by atoms with Crippen molar-refractivity contribution in [3.63, 3.8) is 0 Å². The van der Waals surface area contributed by atoms with E-state index in [0.29, 0.717) is 23.1 Å². The van der Waals surface area contributed by atoms with Gasteiger partial charge in [-0.3, -0.25) is 9.69 Å². The van der Waals surface area contributed by atoms with Crippen molar-refractivity contribution in [1.82, 2.24) is 15.2 Å². The van der Waals surface area contributed by atoms with E-state index in [1.165, 1.54) is 29.5 Å². The van der Waals surface area contributed by atoms with Crippen LogP contribution in [0, 0.1) is 0 Å². The molecule has 164 valence electrons.